The van der Waals surface area contributed by atoms with Crippen molar-refractivity contribution in [2.24, 2.45) is 5.92 Å². The van der Waals surface area contributed by atoms with E-state index >= 15 is 0 Å². The quantitative estimate of drug-likeness (QED) is 0.516. The first-order valence-corrected chi connectivity index (χ1v) is 12.9. The normalized spacial score (nSPS) is 17.4. The Balaban J connectivity index is 1.31. The molecule has 0 spiro atoms. The van der Waals surface area contributed by atoms with Gasteiger partial charge in [-0.05, 0) is 25.8 Å². The lowest BCUT2D eigenvalue weighted by Crippen LogP contribution is -2.51. The Bertz CT molecular complexity index is 1130. The predicted molar refractivity (Wildman–Crippen MR) is 125 cm³/mol. The van der Waals surface area contributed by atoms with Gasteiger partial charge in [0.1, 0.15) is 10.6 Å². The van der Waals surface area contributed by atoms with E-state index in [0.717, 1.165) is 51.6 Å². The topological polar surface area (TPSA) is 79.5 Å². The van der Waals surface area contributed by atoms with Crippen LogP contribution in [0, 0.1) is 12.8 Å². The summed E-state index contributed by atoms with van der Waals surface area (Å²) in [5, 5.41) is 10.1. The Labute approximate surface area is 195 Å². The second-order valence-corrected chi connectivity index (χ2v) is 10.8. The van der Waals surface area contributed by atoms with Crippen LogP contribution in [0.5, 0.6) is 0 Å². The highest BCUT2D eigenvalue weighted by molar-refractivity contribution is 8.00. The lowest BCUT2D eigenvalue weighted by atomic mass is 10.1. The minimum absolute atomic E-state index is 0.0989. The highest BCUT2D eigenvalue weighted by Crippen LogP contribution is 2.34. The maximum atomic E-state index is 13.4. The lowest BCUT2D eigenvalue weighted by molar-refractivity contribution is -0.136. The Morgan fingerprint density at radius 2 is 1.81 bits per heavy atom. The predicted octanol–water partition coefficient (Wildman–Crippen LogP) is 4.36. The van der Waals surface area contributed by atoms with Crippen LogP contribution in [0.25, 0.3) is 11.0 Å². The molecule has 2 fully saturated rings. The third kappa shape index (κ3) is 4.28. The van der Waals surface area contributed by atoms with Gasteiger partial charge in [-0.25, -0.2) is 0 Å². The molecule has 1 saturated heterocycles. The standard InChI is InChI=1S/C23H26N4O3S2/c1-15-24-25-23(32-15)31-14-18-17-8-4-5-9-19(17)30-20(18)22(29)27-12-10-26(11-13-27)21(28)16-6-2-3-7-16/h4-5,8-9,16H,2-3,6-7,10-14H2,1H3. The maximum Gasteiger partial charge on any atom is 0.290 e. The molecule has 2 aliphatic rings. The average molecular weight is 471 g/mol. The zero-order chi connectivity index (χ0) is 22.1. The Kier molecular flexibility index (Phi) is 6.19. The Morgan fingerprint density at radius 3 is 2.53 bits per heavy atom. The fraction of sp³-hybridized carbons (Fsp3) is 0.478. The highest BCUT2D eigenvalue weighted by atomic mass is 32.2. The van der Waals surface area contributed by atoms with Gasteiger partial charge in [0.15, 0.2) is 10.1 Å². The fourth-order valence-electron chi connectivity index (χ4n) is 4.59. The number of furan rings is 1. The van der Waals surface area contributed by atoms with Crippen LogP contribution in [0.3, 0.4) is 0 Å². The lowest BCUT2D eigenvalue weighted by Gasteiger charge is -2.35. The zero-order valence-corrected chi connectivity index (χ0v) is 19.7. The van der Waals surface area contributed by atoms with E-state index in [1.165, 1.54) is 0 Å². The van der Waals surface area contributed by atoms with Crippen molar-refractivity contribution in [1.29, 1.82) is 0 Å². The summed E-state index contributed by atoms with van der Waals surface area (Å²) in [6.07, 6.45) is 4.31. The molecular formula is C23H26N4O3S2. The summed E-state index contributed by atoms with van der Waals surface area (Å²) >= 11 is 3.12. The van der Waals surface area contributed by atoms with Crippen molar-refractivity contribution in [2.45, 2.75) is 42.7 Å². The van der Waals surface area contributed by atoms with E-state index in [1.54, 1.807) is 23.1 Å². The first-order chi connectivity index (χ1) is 15.6. The minimum atomic E-state index is -0.0989. The molecule has 0 radical (unpaired) electrons. The molecule has 2 aromatic heterocycles. The number of para-hydroxylation sites is 1. The van der Waals surface area contributed by atoms with Gasteiger partial charge in [-0.3, -0.25) is 9.59 Å². The number of amides is 2. The van der Waals surface area contributed by atoms with Gasteiger partial charge < -0.3 is 14.2 Å². The van der Waals surface area contributed by atoms with Crippen LogP contribution < -0.4 is 0 Å². The van der Waals surface area contributed by atoms with E-state index in [9.17, 15) is 9.59 Å². The van der Waals surface area contributed by atoms with Crippen molar-refractivity contribution in [3.8, 4) is 0 Å². The number of rotatable bonds is 5. The zero-order valence-electron chi connectivity index (χ0n) is 18.1. The van der Waals surface area contributed by atoms with Gasteiger partial charge in [0, 0.05) is 48.8 Å². The highest BCUT2D eigenvalue weighted by Gasteiger charge is 2.32. The van der Waals surface area contributed by atoms with Gasteiger partial charge >= 0.3 is 0 Å². The van der Waals surface area contributed by atoms with Gasteiger partial charge in [-0.2, -0.15) is 0 Å². The number of thioether (sulfide) groups is 1. The number of benzene rings is 1. The molecule has 2 amide bonds. The number of hydrogen-bond acceptors (Lipinski definition) is 7. The molecule has 1 aliphatic heterocycles. The first kappa shape index (κ1) is 21.5. The largest absolute Gasteiger partial charge is 0.451 e. The van der Waals surface area contributed by atoms with Crippen molar-refractivity contribution < 1.29 is 14.0 Å². The molecule has 1 saturated carbocycles. The van der Waals surface area contributed by atoms with Crippen LogP contribution in [0.2, 0.25) is 0 Å². The molecule has 5 rings (SSSR count). The van der Waals surface area contributed by atoms with Gasteiger partial charge in [-0.1, -0.05) is 54.1 Å². The summed E-state index contributed by atoms with van der Waals surface area (Å²) in [6.45, 7) is 4.19. The number of carbonyl (C=O) groups excluding carboxylic acids is 2. The molecule has 32 heavy (non-hydrogen) atoms. The van der Waals surface area contributed by atoms with E-state index in [0.29, 0.717) is 37.7 Å². The number of carbonyl (C=O) groups is 2. The van der Waals surface area contributed by atoms with E-state index in [4.69, 9.17) is 4.42 Å². The van der Waals surface area contributed by atoms with Gasteiger partial charge in [0.2, 0.25) is 5.91 Å². The SMILES string of the molecule is Cc1nnc(SCc2c(C(=O)N3CCN(C(=O)C4CCCC4)CC3)oc3ccccc23)s1. The number of hydrogen-bond donors (Lipinski definition) is 0. The van der Waals surface area contributed by atoms with Gasteiger partial charge in [0.05, 0.1) is 0 Å². The molecule has 0 unspecified atom stereocenters. The van der Waals surface area contributed by atoms with Crippen molar-refractivity contribution >= 4 is 45.9 Å². The van der Waals surface area contributed by atoms with Crippen molar-refractivity contribution in [2.75, 3.05) is 26.2 Å². The summed E-state index contributed by atoms with van der Waals surface area (Å²) in [4.78, 5) is 29.9. The van der Waals surface area contributed by atoms with Crippen LogP contribution in [0.4, 0.5) is 0 Å². The van der Waals surface area contributed by atoms with E-state index in [-0.39, 0.29) is 17.7 Å². The van der Waals surface area contributed by atoms with E-state index in [2.05, 4.69) is 10.2 Å². The molecule has 9 heteroatoms. The fourth-order valence-corrected chi connectivity index (χ4v) is 6.43. The van der Waals surface area contributed by atoms with Crippen LogP contribution in [-0.2, 0) is 10.5 Å². The van der Waals surface area contributed by atoms with E-state index in [1.807, 2.05) is 41.0 Å². The molecule has 0 atom stereocenters. The molecule has 168 valence electrons. The number of aromatic nitrogens is 2. The molecule has 3 aromatic rings. The Morgan fingerprint density at radius 1 is 1.09 bits per heavy atom. The molecule has 3 heterocycles. The number of aryl methyl sites for hydroxylation is 1. The molecule has 0 bridgehead atoms. The summed E-state index contributed by atoms with van der Waals surface area (Å²) in [5.74, 6) is 1.34. The third-order valence-electron chi connectivity index (χ3n) is 6.32. The summed E-state index contributed by atoms with van der Waals surface area (Å²) in [6, 6.07) is 7.77. The second-order valence-electron chi connectivity index (χ2n) is 8.38. The van der Waals surface area contributed by atoms with Crippen LogP contribution >= 0.6 is 23.1 Å². The third-order valence-corrected chi connectivity index (χ3v) is 8.32. The second kappa shape index (κ2) is 9.23. The molecular weight excluding hydrogens is 444 g/mol. The molecule has 7 nitrogen and oxygen atoms in total. The summed E-state index contributed by atoms with van der Waals surface area (Å²) < 4.78 is 6.93. The molecule has 0 N–H and O–H groups in total. The maximum absolute atomic E-state index is 13.4. The van der Waals surface area contributed by atoms with Gasteiger partial charge in [-0.15, -0.1) is 10.2 Å². The first-order valence-electron chi connectivity index (χ1n) is 11.1. The number of nitrogens with zero attached hydrogens (tertiary/aromatic N) is 4. The van der Waals surface area contributed by atoms with Crippen LogP contribution in [0.15, 0.2) is 33.0 Å². The Hall–Kier alpha value is -2.39. The average Bonchev–Trinajstić information content (AvgIpc) is 3.57. The van der Waals surface area contributed by atoms with Gasteiger partial charge in [0.25, 0.3) is 5.91 Å². The minimum Gasteiger partial charge on any atom is -0.451 e. The van der Waals surface area contributed by atoms with Crippen LogP contribution in [-0.4, -0.2) is 58.0 Å². The van der Waals surface area contributed by atoms with Crippen molar-refractivity contribution in [3.05, 3.63) is 40.6 Å². The van der Waals surface area contributed by atoms with Crippen LogP contribution in [0.1, 0.15) is 46.8 Å². The molecule has 1 aromatic carbocycles. The molecule has 1 aliphatic carbocycles. The number of fused-ring (bicyclic) bond motifs is 1. The smallest absolute Gasteiger partial charge is 0.290 e. The van der Waals surface area contributed by atoms with Crippen molar-refractivity contribution in [1.82, 2.24) is 20.0 Å². The summed E-state index contributed by atoms with van der Waals surface area (Å²) in [7, 11) is 0. The van der Waals surface area contributed by atoms with Crippen molar-refractivity contribution in [3.63, 3.8) is 0 Å². The summed E-state index contributed by atoms with van der Waals surface area (Å²) in [5.41, 5.74) is 1.61. The van der Waals surface area contributed by atoms with E-state index < -0.39 is 0 Å². The number of piperazine rings is 1. The monoisotopic (exact) mass is 470 g/mol.